The predicted octanol–water partition coefficient (Wildman–Crippen LogP) is 9.22. The van der Waals surface area contributed by atoms with E-state index < -0.39 is 64.0 Å². The average molecular weight is 889 g/mol. The van der Waals surface area contributed by atoms with Crippen molar-refractivity contribution in [2.45, 2.75) is 70.6 Å². The van der Waals surface area contributed by atoms with Gasteiger partial charge in [-0.2, -0.15) is 39.5 Å². The minimum Gasteiger partial charge on any atom is -0.374 e. The van der Waals surface area contributed by atoms with E-state index in [1.807, 2.05) is 17.9 Å². The number of benzene rings is 2. The van der Waals surface area contributed by atoms with Crippen molar-refractivity contribution in [3.05, 3.63) is 125 Å². The van der Waals surface area contributed by atoms with Crippen LogP contribution in [0.3, 0.4) is 0 Å². The van der Waals surface area contributed by atoms with Gasteiger partial charge in [-0.1, -0.05) is 48.6 Å². The van der Waals surface area contributed by atoms with E-state index in [1.165, 1.54) is 29.2 Å². The van der Waals surface area contributed by atoms with Gasteiger partial charge < -0.3 is 19.4 Å². The minimum atomic E-state index is -4.73. The third-order valence-electron chi connectivity index (χ3n) is 12.4. The Hall–Kier alpha value is -5.45. The highest BCUT2D eigenvalue weighted by atomic mass is 19.4. The monoisotopic (exact) mass is 888 g/mol. The predicted molar refractivity (Wildman–Crippen MR) is 213 cm³/mol. The third kappa shape index (κ3) is 9.72. The summed E-state index contributed by atoms with van der Waals surface area (Å²) in [5.41, 5.74) is -2.75. The molecule has 4 heterocycles. The molecule has 63 heavy (non-hydrogen) atoms. The summed E-state index contributed by atoms with van der Waals surface area (Å²) in [7, 11) is 0. The fourth-order valence-electron chi connectivity index (χ4n) is 8.56. The van der Waals surface area contributed by atoms with Crippen LogP contribution in [-0.4, -0.2) is 88.9 Å². The van der Waals surface area contributed by atoms with Gasteiger partial charge in [0.15, 0.2) is 5.78 Å². The lowest BCUT2D eigenvalue weighted by atomic mass is 9.70. The number of pyridine rings is 1. The first-order valence-electron chi connectivity index (χ1n) is 20.5. The number of Topliss-reactive ketones (excluding diaryl/α,β-unsaturated/α-hetero) is 1. The van der Waals surface area contributed by atoms with Crippen molar-refractivity contribution in [3.8, 4) is 11.3 Å². The van der Waals surface area contributed by atoms with Crippen LogP contribution in [0.1, 0.15) is 55.5 Å². The van der Waals surface area contributed by atoms with Crippen LogP contribution in [-0.2, 0) is 44.4 Å². The number of halogens is 9. The Morgan fingerprint density at radius 2 is 1.46 bits per heavy atom. The van der Waals surface area contributed by atoms with Gasteiger partial charge in [0.05, 0.1) is 22.4 Å². The Kier molecular flexibility index (Phi) is 12.5. The van der Waals surface area contributed by atoms with Gasteiger partial charge in [0.2, 0.25) is 5.91 Å². The molecule has 1 spiro atoms. The summed E-state index contributed by atoms with van der Waals surface area (Å²) in [6.07, 6.45) is -7.12. The minimum absolute atomic E-state index is 0.0371. The number of amides is 2. The number of hydrogen-bond donors (Lipinski definition) is 0. The summed E-state index contributed by atoms with van der Waals surface area (Å²) in [5, 5.41) is 0. The van der Waals surface area contributed by atoms with E-state index in [2.05, 4.69) is 4.98 Å². The standard InChI is InChI=1S/C46H45F9N4O4/c1-3-63-25-39(60)33(21-37-8-5-9-38(56-37)31-12-16-35(17-13-31)45(50,51)52)20-36-24-58(26-42(36)27-59(28-42)41(62)43(18-19-43)46(53,54)55)40(61)32-7-4-6-29(2)57(23-32)22-30-10-14-34(15-11-30)44(47,48)49/h4-5,7-17,20,23,29,36H,3,6,18-19,21-22,24-28H2,1-2H3/b33-20-. The molecule has 1 saturated carbocycles. The molecule has 2 atom stereocenters. The number of nitrogens with zero attached hydrogens (tertiary/aromatic N) is 4. The largest absolute Gasteiger partial charge is 0.416 e. The van der Waals surface area contributed by atoms with Crippen molar-refractivity contribution in [3.63, 3.8) is 0 Å². The van der Waals surface area contributed by atoms with Crippen LogP contribution < -0.4 is 0 Å². The molecule has 2 amide bonds. The van der Waals surface area contributed by atoms with Gasteiger partial charge in [0, 0.05) is 80.6 Å². The number of alkyl halides is 9. The molecule has 2 saturated heterocycles. The van der Waals surface area contributed by atoms with Gasteiger partial charge in [0.1, 0.15) is 12.0 Å². The first kappa shape index (κ1) is 45.6. The molecular weight excluding hydrogens is 844 g/mol. The maximum Gasteiger partial charge on any atom is 0.416 e. The Bertz CT molecular complexity index is 2290. The zero-order valence-corrected chi connectivity index (χ0v) is 34.4. The second-order valence-corrected chi connectivity index (χ2v) is 16.9. The van der Waals surface area contributed by atoms with Gasteiger partial charge in [-0.25, -0.2) is 0 Å². The second kappa shape index (κ2) is 17.3. The fraction of sp³-hybridized carbons (Fsp3) is 0.435. The van der Waals surface area contributed by atoms with E-state index in [0.717, 1.165) is 24.3 Å². The quantitative estimate of drug-likeness (QED) is 0.133. The van der Waals surface area contributed by atoms with Gasteiger partial charge in [-0.15, -0.1) is 0 Å². The van der Waals surface area contributed by atoms with E-state index in [4.69, 9.17) is 4.74 Å². The number of ketones is 1. The lowest BCUT2D eigenvalue weighted by Crippen LogP contribution is -2.64. The number of aromatic nitrogens is 1. The molecular formula is C46H45F9N4O4. The molecule has 3 aromatic rings. The Morgan fingerprint density at radius 3 is 2.05 bits per heavy atom. The summed E-state index contributed by atoms with van der Waals surface area (Å²) in [4.78, 5) is 50.9. The molecule has 1 aromatic heterocycles. The zero-order valence-electron chi connectivity index (χ0n) is 34.4. The third-order valence-corrected chi connectivity index (χ3v) is 12.4. The van der Waals surface area contributed by atoms with E-state index in [1.54, 1.807) is 48.4 Å². The Balaban J connectivity index is 1.18. The van der Waals surface area contributed by atoms with Crippen molar-refractivity contribution < 1.29 is 58.6 Å². The molecule has 336 valence electrons. The fourth-order valence-corrected chi connectivity index (χ4v) is 8.56. The molecule has 17 heteroatoms. The van der Waals surface area contributed by atoms with E-state index in [9.17, 15) is 53.9 Å². The topological polar surface area (TPSA) is 83.0 Å². The van der Waals surface area contributed by atoms with E-state index >= 15 is 0 Å². The highest BCUT2D eigenvalue weighted by molar-refractivity contribution is 5.98. The van der Waals surface area contributed by atoms with Crippen molar-refractivity contribution in [1.29, 1.82) is 0 Å². The van der Waals surface area contributed by atoms with Crippen LogP contribution in [0.4, 0.5) is 39.5 Å². The first-order valence-corrected chi connectivity index (χ1v) is 20.5. The number of hydrogen-bond acceptors (Lipinski definition) is 6. The molecule has 0 N–H and O–H groups in total. The molecule has 3 aliphatic heterocycles. The van der Waals surface area contributed by atoms with E-state index in [0.29, 0.717) is 28.9 Å². The van der Waals surface area contributed by atoms with Crippen LogP contribution in [0.25, 0.3) is 11.3 Å². The smallest absolute Gasteiger partial charge is 0.374 e. The SMILES string of the molecule is CCOCC(=O)/C(=C\C1CN(C(=O)C2=CN(Cc3ccc(C(F)(F)F)cc3)C(C)CC=C2)CC12CN(C(=O)C1(C(F)(F)F)CC1)C2)Cc1cccc(-c2ccc(C(F)(F)F)cc2)n1. The second-order valence-electron chi connectivity index (χ2n) is 16.9. The van der Waals surface area contributed by atoms with Crippen LogP contribution in [0.2, 0.25) is 0 Å². The molecule has 8 nitrogen and oxygen atoms in total. The highest BCUT2D eigenvalue weighted by Crippen LogP contribution is 2.60. The molecule has 1 aliphatic carbocycles. The van der Waals surface area contributed by atoms with Gasteiger partial charge in [-0.05, 0) is 80.6 Å². The number of carbonyl (C=O) groups is 3. The Morgan fingerprint density at radius 1 is 0.841 bits per heavy atom. The molecule has 2 unspecified atom stereocenters. The number of likely N-dealkylation sites (tertiary alicyclic amines) is 2. The normalized spacial score (nSPS) is 21.0. The summed E-state index contributed by atoms with van der Waals surface area (Å²) in [5.74, 6) is -2.47. The van der Waals surface area contributed by atoms with Gasteiger partial charge >= 0.3 is 18.5 Å². The molecule has 4 aliphatic rings. The summed E-state index contributed by atoms with van der Waals surface area (Å²) >= 11 is 0. The maximum absolute atomic E-state index is 14.4. The average Bonchev–Trinajstić information content (AvgIpc) is 3.99. The van der Waals surface area contributed by atoms with Crippen molar-refractivity contribution in [2.75, 3.05) is 39.4 Å². The molecule has 2 aromatic carbocycles. The van der Waals surface area contributed by atoms with Crippen LogP contribution in [0.5, 0.6) is 0 Å². The van der Waals surface area contributed by atoms with Crippen molar-refractivity contribution >= 4 is 17.6 Å². The Labute approximate surface area is 358 Å². The molecule has 0 bridgehead atoms. The van der Waals surface area contributed by atoms with Crippen LogP contribution in [0.15, 0.2) is 102 Å². The van der Waals surface area contributed by atoms with E-state index in [-0.39, 0.29) is 82.4 Å². The van der Waals surface area contributed by atoms with Crippen LogP contribution >= 0.6 is 0 Å². The van der Waals surface area contributed by atoms with Crippen molar-refractivity contribution in [1.82, 2.24) is 19.7 Å². The lowest BCUT2D eigenvalue weighted by Gasteiger charge is -2.51. The number of carbonyl (C=O) groups excluding carboxylic acids is 3. The zero-order chi connectivity index (χ0) is 45.5. The maximum atomic E-state index is 14.4. The van der Waals surface area contributed by atoms with Gasteiger partial charge in [0.25, 0.3) is 5.91 Å². The summed E-state index contributed by atoms with van der Waals surface area (Å²) in [6.45, 7) is 3.59. The number of ether oxygens (including phenoxy) is 1. The number of rotatable bonds is 12. The lowest BCUT2D eigenvalue weighted by molar-refractivity contribution is -0.205. The highest BCUT2D eigenvalue weighted by Gasteiger charge is 2.71. The molecule has 7 rings (SSSR count). The van der Waals surface area contributed by atoms with Gasteiger partial charge in [-0.3, -0.25) is 19.4 Å². The van der Waals surface area contributed by atoms with Crippen LogP contribution in [0, 0.1) is 16.7 Å². The molecule has 3 fully saturated rings. The first-order chi connectivity index (χ1) is 29.6. The molecule has 0 radical (unpaired) electrons. The van der Waals surface area contributed by atoms with Crippen molar-refractivity contribution in [2.24, 2.45) is 16.7 Å². The summed E-state index contributed by atoms with van der Waals surface area (Å²) < 4.78 is 127. The summed E-state index contributed by atoms with van der Waals surface area (Å²) in [6, 6.07) is 14.0.